The second kappa shape index (κ2) is 7.70. The summed E-state index contributed by atoms with van der Waals surface area (Å²) in [5.74, 6) is 1.30. The van der Waals surface area contributed by atoms with Crippen LogP contribution >= 0.6 is 11.3 Å². The maximum Gasteiger partial charge on any atom is 0.228 e. The standard InChI is InChI=1S/C19H21N5OS/c25-19(10-17-4-3-9-26-17)23-12-15(11-21-18-5-1-2-7-20-18)13-24-16(14-23)6-8-22-24/h1-9,15H,10-14H2,(H,20,21)/t15-/m0/s1. The van der Waals surface area contributed by atoms with E-state index in [0.717, 1.165) is 29.5 Å². The van der Waals surface area contributed by atoms with Gasteiger partial charge in [0.1, 0.15) is 5.82 Å². The molecular formula is C19H21N5OS. The Bertz CT molecular complexity index is 846. The Kier molecular flexibility index (Phi) is 4.97. The van der Waals surface area contributed by atoms with Gasteiger partial charge in [-0.15, -0.1) is 11.3 Å². The van der Waals surface area contributed by atoms with E-state index in [9.17, 15) is 4.79 Å². The first kappa shape index (κ1) is 16.8. The Labute approximate surface area is 156 Å². The number of nitrogens with one attached hydrogen (secondary N) is 1. The first-order valence-electron chi connectivity index (χ1n) is 8.73. The van der Waals surface area contributed by atoms with Crippen molar-refractivity contribution in [2.24, 2.45) is 5.92 Å². The molecule has 0 radical (unpaired) electrons. The Hall–Kier alpha value is -2.67. The molecule has 0 saturated heterocycles. The van der Waals surface area contributed by atoms with Gasteiger partial charge in [0.2, 0.25) is 5.91 Å². The number of aromatic nitrogens is 3. The van der Waals surface area contributed by atoms with Gasteiger partial charge in [-0.2, -0.15) is 5.10 Å². The molecule has 1 N–H and O–H groups in total. The zero-order valence-corrected chi connectivity index (χ0v) is 15.2. The van der Waals surface area contributed by atoms with Crippen molar-refractivity contribution in [2.75, 3.05) is 18.4 Å². The molecule has 3 aromatic heterocycles. The van der Waals surface area contributed by atoms with Gasteiger partial charge in [0.25, 0.3) is 0 Å². The van der Waals surface area contributed by atoms with E-state index in [4.69, 9.17) is 0 Å². The summed E-state index contributed by atoms with van der Waals surface area (Å²) < 4.78 is 2.02. The van der Waals surface area contributed by atoms with Gasteiger partial charge in [-0.05, 0) is 29.6 Å². The minimum absolute atomic E-state index is 0.171. The second-order valence-corrected chi connectivity index (χ2v) is 7.53. The third-order valence-electron chi connectivity index (χ3n) is 4.56. The van der Waals surface area contributed by atoms with Crippen LogP contribution in [-0.2, 0) is 24.3 Å². The molecule has 3 aromatic rings. The fourth-order valence-corrected chi connectivity index (χ4v) is 3.94. The van der Waals surface area contributed by atoms with Crippen LogP contribution in [0.5, 0.6) is 0 Å². The molecule has 0 fully saturated rings. The summed E-state index contributed by atoms with van der Waals surface area (Å²) >= 11 is 1.63. The lowest BCUT2D eigenvalue weighted by Gasteiger charge is -2.24. The van der Waals surface area contributed by atoms with E-state index in [1.54, 1.807) is 17.5 Å². The van der Waals surface area contributed by atoms with E-state index in [0.29, 0.717) is 19.5 Å². The minimum atomic E-state index is 0.171. The molecule has 7 heteroatoms. The van der Waals surface area contributed by atoms with Gasteiger partial charge in [-0.3, -0.25) is 9.48 Å². The Balaban J connectivity index is 1.47. The molecule has 0 aromatic carbocycles. The van der Waals surface area contributed by atoms with Crippen molar-refractivity contribution in [3.05, 3.63) is 64.7 Å². The van der Waals surface area contributed by atoms with Crippen molar-refractivity contribution in [1.82, 2.24) is 19.7 Å². The van der Waals surface area contributed by atoms with Crippen LogP contribution in [-0.4, -0.2) is 38.7 Å². The molecule has 4 rings (SSSR count). The maximum atomic E-state index is 12.8. The molecule has 1 aliphatic heterocycles. The molecule has 134 valence electrons. The van der Waals surface area contributed by atoms with Crippen molar-refractivity contribution in [1.29, 1.82) is 0 Å². The molecule has 1 atom stereocenters. The van der Waals surface area contributed by atoms with Crippen molar-refractivity contribution in [3.8, 4) is 0 Å². The first-order valence-corrected chi connectivity index (χ1v) is 9.61. The van der Waals surface area contributed by atoms with E-state index >= 15 is 0 Å². The van der Waals surface area contributed by atoms with E-state index in [1.807, 2.05) is 57.6 Å². The molecule has 1 amide bonds. The summed E-state index contributed by atoms with van der Waals surface area (Å²) in [7, 11) is 0. The van der Waals surface area contributed by atoms with Gasteiger partial charge in [0.05, 0.1) is 18.7 Å². The van der Waals surface area contributed by atoms with Gasteiger partial charge in [0, 0.05) is 42.8 Å². The van der Waals surface area contributed by atoms with Crippen LogP contribution in [0, 0.1) is 5.92 Å². The molecule has 4 heterocycles. The Morgan fingerprint density at radius 2 is 2.15 bits per heavy atom. The molecule has 0 bridgehead atoms. The van der Waals surface area contributed by atoms with Gasteiger partial charge >= 0.3 is 0 Å². The van der Waals surface area contributed by atoms with Crippen LogP contribution in [0.25, 0.3) is 0 Å². The summed E-state index contributed by atoms with van der Waals surface area (Å²) in [6, 6.07) is 11.8. The fourth-order valence-electron chi connectivity index (χ4n) is 3.24. The number of amides is 1. The molecule has 0 saturated carbocycles. The van der Waals surface area contributed by atoms with Gasteiger partial charge in [-0.25, -0.2) is 4.98 Å². The molecule has 0 aliphatic carbocycles. The highest BCUT2D eigenvalue weighted by Gasteiger charge is 2.25. The number of carbonyl (C=O) groups is 1. The number of hydrogen-bond acceptors (Lipinski definition) is 5. The van der Waals surface area contributed by atoms with Gasteiger partial charge in [0.15, 0.2) is 0 Å². The number of rotatable bonds is 5. The number of hydrogen-bond donors (Lipinski definition) is 1. The molecule has 0 spiro atoms. The highest BCUT2D eigenvalue weighted by Crippen LogP contribution is 2.19. The summed E-state index contributed by atoms with van der Waals surface area (Å²) in [6.07, 6.45) is 4.05. The largest absolute Gasteiger partial charge is 0.370 e. The van der Waals surface area contributed by atoms with Crippen LogP contribution in [0.4, 0.5) is 5.82 Å². The number of thiophene rings is 1. The average Bonchev–Trinajstić information content (AvgIpc) is 3.29. The number of carbonyl (C=O) groups excluding carboxylic acids is 1. The van der Waals surface area contributed by atoms with Gasteiger partial charge < -0.3 is 10.2 Å². The van der Waals surface area contributed by atoms with Crippen LogP contribution in [0.15, 0.2) is 54.2 Å². The smallest absolute Gasteiger partial charge is 0.228 e. The first-order chi connectivity index (χ1) is 12.8. The van der Waals surface area contributed by atoms with E-state index in [2.05, 4.69) is 15.4 Å². The Morgan fingerprint density at radius 1 is 1.19 bits per heavy atom. The van der Waals surface area contributed by atoms with Crippen molar-refractivity contribution < 1.29 is 4.79 Å². The minimum Gasteiger partial charge on any atom is -0.370 e. The number of nitrogens with zero attached hydrogens (tertiary/aromatic N) is 4. The summed E-state index contributed by atoms with van der Waals surface area (Å²) in [5.41, 5.74) is 1.09. The number of fused-ring (bicyclic) bond motifs is 1. The summed E-state index contributed by atoms with van der Waals surface area (Å²) in [4.78, 5) is 20.2. The normalized spacial score (nSPS) is 16.8. The lowest BCUT2D eigenvalue weighted by molar-refractivity contribution is -0.131. The number of anilines is 1. The van der Waals surface area contributed by atoms with Crippen molar-refractivity contribution in [3.63, 3.8) is 0 Å². The lowest BCUT2D eigenvalue weighted by Crippen LogP contribution is -2.36. The van der Waals surface area contributed by atoms with E-state index in [1.165, 1.54) is 0 Å². The van der Waals surface area contributed by atoms with Crippen LogP contribution < -0.4 is 5.32 Å². The molecular weight excluding hydrogens is 346 g/mol. The molecule has 0 unspecified atom stereocenters. The topological polar surface area (TPSA) is 63.1 Å². The second-order valence-electron chi connectivity index (χ2n) is 6.50. The summed E-state index contributed by atoms with van der Waals surface area (Å²) in [5, 5.41) is 9.82. The summed E-state index contributed by atoms with van der Waals surface area (Å²) in [6.45, 7) is 2.88. The van der Waals surface area contributed by atoms with Gasteiger partial charge in [-0.1, -0.05) is 12.1 Å². The molecule has 1 aliphatic rings. The monoisotopic (exact) mass is 367 g/mol. The van der Waals surface area contributed by atoms with Crippen molar-refractivity contribution in [2.45, 2.75) is 19.5 Å². The molecule has 26 heavy (non-hydrogen) atoms. The van der Waals surface area contributed by atoms with Crippen LogP contribution in [0.1, 0.15) is 10.6 Å². The quantitative estimate of drug-likeness (QED) is 0.753. The van der Waals surface area contributed by atoms with Crippen LogP contribution in [0.3, 0.4) is 0 Å². The highest BCUT2D eigenvalue weighted by molar-refractivity contribution is 7.10. The van der Waals surface area contributed by atoms with E-state index in [-0.39, 0.29) is 11.8 Å². The zero-order chi connectivity index (χ0) is 17.8. The third-order valence-corrected chi connectivity index (χ3v) is 5.44. The third kappa shape index (κ3) is 3.94. The fraction of sp³-hybridized carbons (Fsp3) is 0.316. The average molecular weight is 367 g/mol. The lowest BCUT2D eigenvalue weighted by atomic mass is 10.1. The van der Waals surface area contributed by atoms with E-state index < -0.39 is 0 Å². The molecule has 6 nitrogen and oxygen atoms in total. The SMILES string of the molecule is O=C(Cc1cccs1)N1Cc2ccnn2C[C@@H](CNc2ccccn2)C1. The maximum absolute atomic E-state index is 12.8. The van der Waals surface area contributed by atoms with Crippen molar-refractivity contribution >= 4 is 23.1 Å². The van der Waals surface area contributed by atoms with Crippen LogP contribution in [0.2, 0.25) is 0 Å². The Morgan fingerprint density at radius 3 is 2.96 bits per heavy atom. The zero-order valence-electron chi connectivity index (χ0n) is 14.4. The highest BCUT2D eigenvalue weighted by atomic mass is 32.1. The predicted molar refractivity (Wildman–Crippen MR) is 102 cm³/mol. The number of pyridine rings is 1. The predicted octanol–water partition coefficient (Wildman–Crippen LogP) is 2.65.